The number of amides is 2. The molecule has 0 aliphatic carbocycles. The first-order chi connectivity index (χ1) is 11.6. The topological polar surface area (TPSA) is 49.4 Å². The van der Waals surface area contributed by atoms with Gasteiger partial charge in [0.25, 0.3) is 0 Å². The Balaban J connectivity index is 1.88. The normalized spacial score (nSPS) is 17.4. The molecule has 0 spiro atoms. The maximum Gasteiger partial charge on any atom is 0.238 e. The highest BCUT2D eigenvalue weighted by molar-refractivity contribution is 8.00. The van der Waals surface area contributed by atoms with Crippen LogP contribution >= 0.6 is 11.8 Å². The van der Waals surface area contributed by atoms with Crippen LogP contribution in [0.3, 0.4) is 0 Å². The van der Waals surface area contributed by atoms with Crippen molar-refractivity contribution in [1.29, 1.82) is 0 Å². The van der Waals surface area contributed by atoms with Crippen LogP contribution in [0.25, 0.3) is 0 Å². The Bertz CT molecular complexity index is 746. The average Bonchev–Trinajstić information content (AvgIpc) is 2.97. The third kappa shape index (κ3) is 3.46. The Kier molecular flexibility index (Phi) is 4.90. The summed E-state index contributed by atoms with van der Waals surface area (Å²) in [6, 6.07) is 17.4. The Morgan fingerprint density at radius 1 is 1.17 bits per heavy atom. The minimum absolute atomic E-state index is 0.0118. The first-order valence-electron chi connectivity index (χ1n) is 7.96. The van der Waals surface area contributed by atoms with Gasteiger partial charge in [-0.15, -0.1) is 11.8 Å². The van der Waals surface area contributed by atoms with E-state index < -0.39 is 0 Å². The smallest absolute Gasteiger partial charge is 0.238 e. The number of carbonyl (C=O) groups is 2. The molecular formula is C19H20N2O2S. The number of benzene rings is 2. The third-order valence-electron chi connectivity index (χ3n) is 3.87. The van der Waals surface area contributed by atoms with Crippen LogP contribution in [0.15, 0.2) is 54.6 Å². The molecule has 1 fully saturated rings. The third-order valence-corrected chi connectivity index (χ3v) is 5.08. The number of nitrogens with one attached hydrogen (secondary N) is 1. The minimum Gasteiger partial charge on any atom is -0.326 e. The Hall–Kier alpha value is -2.27. The van der Waals surface area contributed by atoms with E-state index in [1.807, 2.05) is 73.3 Å². The highest BCUT2D eigenvalue weighted by Crippen LogP contribution is 2.42. The van der Waals surface area contributed by atoms with Crippen molar-refractivity contribution < 1.29 is 9.59 Å². The van der Waals surface area contributed by atoms with Crippen LogP contribution in [0.4, 0.5) is 11.4 Å². The van der Waals surface area contributed by atoms with E-state index in [0.29, 0.717) is 5.75 Å². The van der Waals surface area contributed by atoms with E-state index in [1.165, 1.54) is 0 Å². The molecule has 1 N–H and O–H groups in total. The summed E-state index contributed by atoms with van der Waals surface area (Å²) in [5.41, 5.74) is 2.67. The van der Waals surface area contributed by atoms with E-state index in [0.717, 1.165) is 16.9 Å². The summed E-state index contributed by atoms with van der Waals surface area (Å²) in [4.78, 5) is 26.1. The van der Waals surface area contributed by atoms with Crippen LogP contribution in [0.5, 0.6) is 0 Å². The fourth-order valence-corrected chi connectivity index (χ4v) is 3.76. The molecule has 2 aromatic rings. The maximum atomic E-state index is 12.3. The summed E-state index contributed by atoms with van der Waals surface area (Å²) in [6.07, 6.45) is 0. The van der Waals surface area contributed by atoms with E-state index in [4.69, 9.17) is 0 Å². The lowest BCUT2D eigenvalue weighted by Gasteiger charge is -2.24. The van der Waals surface area contributed by atoms with Gasteiger partial charge < -0.3 is 5.32 Å². The molecule has 2 aromatic carbocycles. The predicted octanol–water partition coefficient (Wildman–Crippen LogP) is 4.06. The van der Waals surface area contributed by atoms with E-state index in [1.54, 1.807) is 11.8 Å². The number of para-hydroxylation sites is 1. The number of hydrogen-bond acceptors (Lipinski definition) is 3. The van der Waals surface area contributed by atoms with Crippen molar-refractivity contribution in [3.05, 3.63) is 60.2 Å². The second-order valence-corrected chi connectivity index (χ2v) is 7.10. The van der Waals surface area contributed by atoms with Gasteiger partial charge in [-0.3, -0.25) is 14.5 Å². The Morgan fingerprint density at radius 3 is 2.62 bits per heavy atom. The summed E-state index contributed by atoms with van der Waals surface area (Å²) in [7, 11) is 0. The lowest BCUT2D eigenvalue weighted by Crippen LogP contribution is -2.27. The van der Waals surface area contributed by atoms with Crippen molar-refractivity contribution in [3.8, 4) is 0 Å². The fourth-order valence-electron chi connectivity index (χ4n) is 2.59. The van der Waals surface area contributed by atoms with Crippen molar-refractivity contribution >= 4 is 35.0 Å². The molecule has 0 aromatic heterocycles. The molecule has 24 heavy (non-hydrogen) atoms. The monoisotopic (exact) mass is 340 g/mol. The van der Waals surface area contributed by atoms with Crippen molar-refractivity contribution in [2.75, 3.05) is 16.0 Å². The summed E-state index contributed by atoms with van der Waals surface area (Å²) in [5, 5.41) is 2.85. The van der Waals surface area contributed by atoms with Crippen LogP contribution in [0.2, 0.25) is 0 Å². The predicted molar refractivity (Wildman–Crippen MR) is 99.0 cm³/mol. The zero-order valence-electron chi connectivity index (χ0n) is 13.7. The van der Waals surface area contributed by atoms with Crippen LogP contribution in [-0.2, 0) is 9.59 Å². The highest BCUT2D eigenvalue weighted by atomic mass is 32.2. The molecule has 1 saturated heterocycles. The Morgan fingerprint density at radius 2 is 1.92 bits per heavy atom. The molecule has 1 aliphatic heterocycles. The second-order valence-electron chi connectivity index (χ2n) is 6.03. The van der Waals surface area contributed by atoms with Crippen LogP contribution in [0, 0.1) is 5.92 Å². The zero-order valence-corrected chi connectivity index (χ0v) is 14.5. The van der Waals surface area contributed by atoms with E-state index in [2.05, 4.69) is 5.32 Å². The molecule has 0 saturated carbocycles. The molecule has 1 atom stereocenters. The molecule has 0 radical (unpaired) electrons. The van der Waals surface area contributed by atoms with Gasteiger partial charge in [0.2, 0.25) is 11.8 Å². The molecule has 3 rings (SSSR count). The van der Waals surface area contributed by atoms with Crippen LogP contribution in [0.1, 0.15) is 24.8 Å². The van der Waals surface area contributed by atoms with Crippen molar-refractivity contribution in [1.82, 2.24) is 0 Å². The van der Waals surface area contributed by atoms with E-state index >= 15 is 0 Å². The average molecular weight is 340 g/mol. The number of nitrogens with zero attached hydrogens (tertiary/aromatic N) is 1. The second kappa shape index (κ2) is 7.09. The summed E-state index contributed by atoms with van der Waals surface area (Å²) >= 11 is 1.60. The maximum absolute atomic E-state index is 12.3. The van der Waals surface area contributed by atoms with Gasteiger partial charge in [0, 0.05) is 17.3 Å². The number of anilines is 2. The van der Waals surface area contributed by atoms with Gasteiger partial charge in [-0.1, -0.05) is 44.2 Å². The van der Waals surface area contributed by atoms with Gasteiger partial charge in [-0.05, 0) is 29.8 Å². The van der Waals surface area contributed by atoms with Gasteiger partial charge in [0.15, 0.2) is 0 Å². The quantitative estimate of drug-likeness (QED) is 0.913. The van der Waals surface area contributed by atoms with Crippen molar-refractivity contribution in [2.24, 2.45) is 5.92 Å². The first kappa shape index (κ1) is 16.6. The van der Waals surface area contributed by atoms with Crippen molar-refractivity contribution in [2.45, 2.75) is 19.2 Å². The number of carbonyl (C=O) groups excluding carboxylic acids is 2. The number of rotatable bonds is 4. The molecule has 1 aliphatic rings. The number of thioether (sulfide) groups is 1. The summed E-state index contributed by atoms with van der Waals surface area (Å²) < 4.78 is 0. The standard InChI is InChI=1S/C19H20N2O2S/c1-13(2)18(23)20-15-8-6-7-14(11-15)19-21(17(22)12-24-19)16-9-4-3-5-10-16/h3-11,13,19H,12H2,1-2H3,(H,20,23). The zero-order chi connectivity index (χ0) is 17.1. The molecule has 4 nitrogen and oxygen atoms in total. The van der Waals surface area contributed by atoms with Crippen LogP contribution < -0.4 is 10.2 Å². The molecule has 5 heteroatoms. The van der Waals surface area contributed by atoms with E-state index in [9.17, 15) is 9.59 Å². The van der Waals surface area contributed by atoms with Gasteiger partial charge in [0.05, 0.1) is 5.75 Å². The lowest BCUT2D eigenvalue weighted by atomic mass is 10.1. The van der Waals surface area contributed by atoms with Gasteiger partial charge in [-0.2, -0.15) is 0 Å². The summed E-state index contributed by atoms with van der Waals surface area (Å²) in [6.45, 7) is 3.73. The van der Waals surface area contributed by atoms with E-state index in [-0.39, 0.29) is 23.1 Å². The molecular weight excluding hydrogens is 320 g/mol. The highest BCUT2D eigenvalue weighted by Gasteiger charge is 2.34. The lowest BCUT2D eigenvalue weighted by molar-refractivity contribution is -0.119. The van der Waals surface area contributed by atoms with Gasteiger partial charge in [-0.25, -0.2) is 0 Å². The van der Waals surface area contributed by atoms with Gasteiger partial charge >= 0.3 is 0 Å². The molecule has 1 unspecified atom stereocenters. The minimum atomic E-state index is -0.0733. The Labute approximate surface area is 146 Å². The molecule has 0 bridgehead atoms. The summed E-state index contributed by atoms with van der Waals surface area (Å²) in [5.74, 6) is 0.481. The molecule has 1 heterocycles. The largest absolute Gasteiger partial charge is 0.326 e. The number of hydrogen-bond donors (Lipinski definition) is 1. The SMILES string of the molecule is CC(C)C(=O)Nc1cccc(C2SCC(=O)N2c2ccccc2)c1. The van der Waals surface area contributed by atoms with Gasteiger partial charge in [0.1, 0.15) is 5.37 Å². The molecule has 2 amide bonds. The van der Waals surface area contributed by atoms with Crippen molar-refractivity contribution in [3.63, 3.8) is 0 Å². The first-order valence-corrected chi connectivity index (χ1v) is 9.00. The molecule has 124 valence electrons. The fraction of sp³-hybridized carbons (Fsp3) is 0.263. The van der Waals surface area contributed by atoms with Crippen LogP contribution in [-0.4, -0.2) is 17.6 Å².